The molecule has 0 aliphatic carbocycles. The molecule has 200 valence electrons. The summed E-state index contributed by atoms with van der Waals surface area (Å²) >= 11 is 0. The van der Waals surface area contributed by atoms with Crippen LogP contribution in [0, 0.1) is 0 Å². The monoisotopic (exact) mass is 529 g/mol. The second kappa shape index (κ2) is 12.0. The van der Waals surface area contributed by atoms with Crippen molar-refractivity contribution < 1.29 is 19.3 Å². The summed E-state index contributed by atoms with van der Waals surface area (Å²) < 4.78 is 18.0. The van der Waals surface area contributed by atoms with Gasteiger partial charge in [0.05, 0.1) is 6.20 Å². The summed E-state index contributed by atoms with van der Waals surface area (Å²) in [6.45, 7) is 0. The van der Waals surface area contributed by atoms with Gasteiger partial charge in [0.1, 0.15) is 41.0 Å². The minimum absolute atomic E-state index is 0.133. The highest BCUT2D eigenvalue weighted by atomic mass is 16.5. The van der Waals surface area contributed by atoms with Crippen molar-refractivity contribution in [3.05, 3.63) is 144 Å². The van der Waals surface area contributed by atoms with E-state index in [0.29, 0.717) is 5.75 Å². The predicted octanol–water partition coefficient (Wildman–Crippen LogP) is 8.40. The molecule has 2 atom stereocenters. The largest absolute Gasteiger partial charge is 0.508 e. The van der Waals surface area contributed by atoms with Crippen molar-refractivity contribution in [1.82, 2.24) is 4.98 Å². The maximum atomic E-state index is 9.42. The molecule has 0 bridgehead atoms. The molecule has 40 heavy (non-hydrogen) atoms. The first-order valence-electron chi connectivity index (χ1n) is 13.7. The third-order valence-electron chi connectivity index (χ3n) is 7.18. The Morgan fingerprint density at radius 1 is 0.625 bits per heavy atom. The molecule has 2 aliphatic rings. The van der Waals surface area contributed by atoms with Crippen LogP contribution < -0.4 is 14.2 Å². The van der Waals surface area contributed by atoms with Gasteiger partial charge < -0.3 is 19.3 Å². The Balaban J connectivity index is 0.000000151. The number of benzene rings is 4. The van der Waals surface area contributed by atoms with Crippen molar-refractivity contribution in [3.8, 4) is 28.7 Å². The lowest BCUT2D eigenvalue weighted by atomic mass is 9.97. The number of fused-ring (bicyclic) bond motifs is 2. The lowest BCUT2D eigenvalue weighted by Gasteiger charge is -2.26. The number of pyridine rings is 1. The maximum Gasteiger partial charge on any atom is 0.145 e. The fourth-order valence-electron chi connectivity index (χ4n) is 5.15. The summed E-state index contributed by atoms with van der Waals surface area (Å²) in [7, 11) is 0. The van der Waals surface area contributed by atoms with Crippen LogP contribution in [-0.4, -0.2) is 10.1 Å². The average molecular weight is 530 g/mol. The molecule has 5 heteroatoms. The normalized spacial score (nSPS) is 17.1. The van der Waals surface area contributed by atoms with Crippen LogP contribution >= 0.6 is 0 Å². The van der Waals surface area contributed by atoms with Gasteiger partial charge in [0.15, 0.2) is 0 Å². The van der Waals surface area contributed by atoms with Crippen molar-refractivity contribution >= 4 is 0 Å². The second-order valence-corrected chi connectivity index (χ2v) is 9.96. The topological polar surface area (TPSA) is 60.8 Å². The van der Waals surface area contributed by atoms with Gasteiger partial charge in [0.2, 0.25) is 0 Å². The van der Waals surface area contributed by atoms with Crippen LogP contribution in [0.3, 0.4) is 0 Å². The van der Waals surface area contributed by atoms with E-state index >= 15 is 0 Å². The number of hydrogen-bond acceptors (Lipinski definition) is 5. The van der Waals surface area contributed by atoms with E-state index in [-0.39, 0.29) is 12.2 Å². The minimum Gasteiger partial charge on any atom is -0.508 e. The summed E-state index contributed by atoms with van der Waals surface area (Å²) in [5.41, 5.74) is 4.73. The molecule has 1 aromatic heterocycles. The molecule has 0 amide bonds. The SMILES string of the molecule is Oc1ccc2c(c1)CCC(c1ccccc1)O2.c1ccc(C2CCc3cc(Oc4cccnc4)ccc3O2)cc1. The maximum absolute atomic E-state index is 9.42. The number of ether oxygens (including phenoxy) is 3. The van der Waals surface area contributed by atoms with E-state index in [1.54, 1.807) is 24.5 Å². The molecule has 2 aliphatic heterocycles. The highest BCUT2D eigenvalue weighted by molar-refractivity contribution is 5.44. The van der Waals surface area contributed by atoms with Gasteiger partial charge in [-0.15, -0.1) is 0 Å². The van der Waals surface area contributed by atoms with Crippen LogP contribution in [0.2, 0.25) is 0 Å². The Kier molecular flexibility index (Phi) is 7.62. The highest BCUT2D eigenvalue weighted by Crippen LogP contribution is 2.38. The van der Waals surface area contributed by atoms with Gasteiger partial charge in [-0.25, -0.2) is 0 Å². The number of rotatable bonds is 4. The summed E-state index contributed by atoms with van der Waals surface area (Å²) in [6, 6.07) is 35.7. The van der Waals surface area contributed by atoms with E-state index in [1.807, 2.05) is 54.6 Å². The lowest BCUT2D eigenvalue weighted by molar-refractivity contribution is 0.176. The molecule has 0 fully saturated rings. The summed E-state index contributed by atoms with van der Waals surface area (Å²) in [4.78, 5) is 4.06. The van der Waals surface area contributed by atoms with Gasteiger partial charge in [0.25, 0.3) is 0 Å². The van der Waals surface area contributed by atoms with Gasteiger partial charge >= 0.3 is 0 Å². The van der Waals surface area contributed by atoms with E-state index < -0.39 is 0 Å². The zero-order valence-corrected chi connectivity index (χ0v) is 22.1. The van der Waals surface area contributed by atoms with Crippen LogP contribution in [-0.2, 0) is 12.8 Å². The van der Waals surface area contributed by atoms with Gasteiger partial charge in [-0.3, -0.25) is 4.98 Å². The van der Waals surface area contributed by atoms with Crippen LogP contribution in [0.1, 0.15) is 47.3 Å². The molecule has 3 heterocycles. The van der Waals surface area contributed by atoms with Crippen molar-refractivity contribution in [1.29, 1.82) is 0 Å². The van der Waals surface area contributed by atoms with Gasteiger partial charge in [0, 0.05) is 6.20 Å². The first-order valence-corrected chi connectivity index (χ1v) is 13.7. The highest BCUT2D eigenvalue weighted by Gasteiger charge is 2.22. The van der Waals surface area contributed by atoms with E-state index in [1.165, 1.54) is 16.7 Å². The van der Waals surface area contributed by atoms with E-state index in [9.17, 15) is 5.11 Å². The number of nitrogens with zero attached hydrogens (tertiary/aromatic N) is 1. The number of phenolic OH excluding ortho intramolecular Hbond substituents is 1. The number of aromatic nitrogens is 1. The van der Waals surface area contributed by atoms with Crippen molar-refractivity contribution in [2.24, 2.45) is 0 Å². The first kappa shape index (κ1) is 25.5. The standard InChI is InChI=1S/C20H17NO2.C15H14O2/c1-2-5-15(6-3-1)19-10-8-16-13-17(9-11-20(16)23-19)22-18-7-4-12-21-14-18;16-13-7-9-15-12(10-13)6-8-14(17-15)11-4-2-1-3-5-11/h1-7,9,11-14,19H,8,10H2;1-5,7,9-10,14,16H,6,8H2. The molecular weight excluding hydrogens is 498 g/mol. The fraction of sp³-hybridized carbons (Fsp3) is 0.171. The zero-order chi connectivity index (χ0) is 27.1. The molecule has 1 N–H and O–H groups in total. The van der Waals surface area contributed by atoms with Gasteiger partial charge in [-0.2, -0.15) is 0 Å². The van der Waals surface area contributed by atoms with Crippen molar-refractivity contribution in [2.45, 2.75) is 37.9 Å². The van der Waals surface area contributed by atoms with Crippen LogP contribution in [0.15, 0.2) is 122 Å². The Morgan fingerprint density at radius 2 is 1.23 bits per heavy atom. The first-order chi connectivity index (χ1) is 19.7. The van der Waals surface area contributed by atoms with Gasteiger partial charge in [-0.05, 0) is 96.5 Å². The van der Waals surface area contributed by atoms with E-state index in [2.05, 4.69) is 47.4 Å². The predicted molar refractivity (Wildman–Crippen MR) is 155 cm³/mol. The molecule has 0 radical (unpaired) electrons. The molecular formula is C35H31NO4. The molecule has 7 rings (SSSR count). The fourth-order valence-corrected chi connectivity index (χ4v) is 5.15. The molecule has 4 aromatic carbocycles. The summed E-state index contributed by atoms with van der Waals surface area (Å²) in [6.07, 6.45) is 7.58. The number of aromatic hydroxyl groups is 1. The minimum atomic E-state index is 0.133. The van der Waals surface area contributed by atoms with Crippen LogP contribution in [0.4, 0.5) is 0 Å². The van der Waals surface area contributed by atoms with Gasteiger partial charge in [-0.1, -0.05) is 60.7 Å². The van der Waals surface area contributed by atoms with E-state index in [0.717, 1.165) is 54.2 Å². The van der Waals surface area contributed by atoms with Crippen LogP contribution in [0.25, 0.3) is 0 Å². The number of hydrogen-bond donors (Lipinski definition) is 1. The van der Waals surface area contributed by atoms with Crippen LogP contribution in [0.5, 0.6) is 28.7 Å². The molecule has 5 nitrogen and oxygen atoms in total. The third-order valence-corrected chi connectivity index (χ3v) is 7.18. The molecule has 0 saturated heterocycles. The number of phenols is 1. The zero-order valence-electron chi connectivity index (χ0n) is 22.1. The molecule has 2 unspecified atom stereocenters. The smallest absolute Gasteiger partial charge is 0.145 e. The summed E-state index contributed by atoms with van der Waals surface area (Å²) in [5.74, 6) is 3.71. The van der Waals surface area contributed by atoms with Crippen molar-refractivity contribution in [2.75, 3.05) is 0 Å². The average Bonchev–Trinajstić information content (AvgIpc) is 3.02. The Bertz CT molecular complexity index is 1540. The molecule has 5 aromatic rings. The second-order valence-electron chi connectivity index (χ2n) is 9.96. The molecule has 0 spiro atoms. The molecule has 0 saturated carbocycles. The Labute approximate surface area is 234 Å². The third kappa shape index (κ3) is 6.10. The van der Waals surface area contributed by atoms with E-state index in [4.69, 9.17) is 14.2 Å². The van der Waals surface area contributed by atoms with Crippen molar-refractivity contribution in [3.63, 3.8) is 0 Å². The Morgan fingerprint density at radius 3 is 1.82 bits per heavy atom. The Hall–Kier alpha value is -4.77. The summed E-state index contributed by atoms with van der Waals surface area (Å²) in [5, 5.41) is 9.42. The number of aryl methyl sites for hydroxylation is 2. The quantitative estimate of drug-likeness (QED) is 0.253. The lowest BCUT2D eigenvalue weighted by Crippen LogP contribution is -2.15.